The van der Waals surface area contributed by atoms with Crippen LogP contribution in [-0.4, -0.2) is 15.8 Å². The molecule has 0 aliphatic carbocycles. The zero-order valence-corrected chi connectivity index (χ0v) is 17.2. The number of esters is 1. The van der Waals surface area contributed by atoms with Crippen molar-refractivity contribution >= 4 is 55.4 Å². The number of fused-ring (bicyclic) bond motifs is 1. The van der Waals surface area contributed by atoms with Crippen LogP contribution in [0, 0.1) is 27.2 Å². The molecule has 30 heavy (non-hydrogen) atoms. The van der Waals surface area contributed by atoms with E-state index in [0.29, 0.717) is 22.2 Å². The molecule has 10 nitrogen and oxygen atoms in total. The van der Waals surface area contributed by atoms with Gasteiger partial charge >= 0.3 is 11.7 Å². The van der Waals surface area contributed by atoms with E-state index < -0.39 is 27.2 Å². The third kappa shape index (κ3) is 4.01. The molecule has 0 amide bonds. The number of nitro benzene ring substituents is 2. The van der Waals surface area contributed by atoms with Crippen LogP contribution in [0.2, 0.25) is 0 Å². The van der Waals surface area contributed by atoms with Gasteiger partial charge in [-0.3, -0.25) is 25.0 Å². The molecule has 11 heteroatoms. The highest BCUT2D eigenvalue weighted by Gasteiger charge is 2.29. The second-order valence-electron chi connectivity index (χ2n) is 6.14. The molecular weight excluding hydrogens is 460 g/mol. The van der Waals surface area contributed by atoms with Gasteiger partial charge in [-0.2, -0.15) is 0 Å². The molecule has 0 aliphatic rings. The highest BCUT2D eigenvalue weighted by Crippen LogP contribution is 2.44. The van der Waals surface area contributed by atoms with Crippen molar-refractivity contribution in [1.29, 1.82) is 0 Å². The van der Waals surface area contributed by atoms with Crippen molar-refractivity contribution in [2.45, 2.75) is 13.8 Å². The summed E-state index contributed by atoms with van der Waals surface area (Å²) in [5.74, 6) is -0.133. The minimum Gasteiger partial charge on any atom is -0.426 e. The van der Waals surface area contributed by atoms with Crippen LogP contribution in [0.25, 0.3) is 10.8 Å². The Morgan fingerprint density at radius 2 is 1.70 bits per heavy atom. The molecule has 0 aliphatic heterocycles. The SMILES string of the molecule is CC(=O)Oc1ccc(N=Nc2c(Br)cc([N+](=O)[O-])c(C)c2[N+](=O)[O-])c2ccccc12. The van der Waals surface area contributed by atoms with Crippen LogP contribution in [0.5, 0.6) is 5.75 Å². The van der Waals surface area contributed by atoms with Gasteiger partial charge in [0.15, 0.2) is 5.69 Å². The van der Waals surface area contributed by atoms with Crippen molar-refractivity contribution in [3.63, 3.8) is 0 Å². The first-order valence-electron chi connectivity index (χ1n) is 8.44. The Bertz CT molecular complexity index is 1240. The molecule has 0 N–H and O–H groups in total. The van der Waals surface area contributed by atoms with E-state index in [0.717, 1.165) is 6.07 Å². The van der Waals surface area contributed by atoms with Gasteiger partial charge in [0.2, 0.25) is 0 Å². The van der Waals surface area contributed by atoms with Crippen LogP contribution in [0.4, 0.5) is 22.7 Å². The normalized spacial score (nSPS) is 11.0. The maximum atomic E-state index is 11.6. The molecule has 3 aromatic carbocycles. The number of nitro groups is 2. The molecule has 3 aromatic rings. The standard InChI is InChI=1S/C19H13BrN4O6/c1-10-16(23(26)27)9-14(20)18(19(10)24(28)29)22-21-15-7-8-17(30-11(2)25)13-6-4-3-5-12(13)15/h3-9H,1-2H3. The second kappa shape index (κ2) is 8.33. The molecule has 0 radical (unpaired) electrons. The second-order valence-corrected chi connectivity index (χ2v) is 6.99. The lowest BCUT2D eigenvalue weighted by Gasteiger charge is -2.08. The van der Waals surface area contributed by atoms with Crippen LogP contribution in [-0.2, 0) is 4.79 Å². The average molecular weight is 473 g/mol. The Kier molecular flexibility index (Phi) is 5.83. The fourth-order valence-corrected chi connectivity index (χ4v) is 3.39. The van der Waals surface area contributed by atoms with E-state index in [4.69, 9.17) is 4.74 Å². The third-order valence-corrected chi connectivity index (χ3v) is 4.81. The Hall–Kier alpha value is -3.73. The van der Waals surface area contributed by atoms with Gasteiger partial charge in [0.1, 0.15) is 11.3 Å². The topological polar surface area (TPSA) is 137 Å². The summed E-state index contributed by atoms with van der Waals surface area (Å²) in [6.45, 7) is 2.57. The van der Waals surface area contributed by atoms with E-state index in [2.05, 4.69) is 26.2 Å². The molecule has 0 unspecified atom stereocenters. The number of hydrogen-bond donors (Lipinski definition) is 0. The van der Waals surface area contributed by atoms with Crippen LogP contribution in [0.15, 0.2) is 57.2 Å². The number of carbonyl (C=O) groups is 1. The van der Waals surface area contributed by atoms with E-state index >= 15 is 0 Å². The molecule has 0 fully saturated rings. The zero-order valence-electron chi connectivity index (χ0n) is 15.7. The summed E-state index contributed by atoms with van der Waals surface area (Å²) in [6.07, 6.45) is 0. The van der Waals surface area contributed by atoms with Gasteiger partial charge in [-0.15, -0.1) is 10.2 Å². The van der Waals surface area contributed by atoms with Gasteiger partial charge in [-0.05, 0) is 35.0 Å². The molecule has 0 bridgehead atoms. The summed E-state index contributed by atoms with van der Waals surface area (Å²) in [5.41, 5.74) is -0.809. The zero-order chi connectivity index (χ0) is 22.0. The van der Waals surface area contributed by atoms with Crippen LogP contribution >= 0.6 is 15.9 Å². The first-order chi connectivity index (χ1) is 14.2. The number of hydrogen-bond acceptors (Lipinski definition) is 8. The smallest absolute Gasteiger partial charge is 0.308 e. The van der Waals surface area contributed by atoms with Gasteiger partial charge in [0.25, 0.3) is 5.69 Å². The predicted molar refractivity (Wildman–Crippen MR) is 112 cm³/mol. The fraction of sp³-hybridized carbons (Fsp3) is 0.105. The lowest BCUT2D eigenvalue weighted by molar-refractivity contribution is -0.394. The first kappa shape index (κ1) is 21.0. The molecule has 0 saturated carbocycles. The van der Waals surface area contributed by atoms with Crippen molar-refractivity contribution in [2.75, 3.05) is 0 Å². The summed E-state index contributed by atoms with van der Waals surface area (Å²) < 4.78 is 5.26. The summed E-state index contributed by atoms with van der Waals surface area (Å²) in [6, 6.07) is 11.2. The van der Waals surface area contributed by atoms with Gasteiger partial charge in [0.05, 0.1) is 20.0 Å². The lowest BCUT2D eigenvalue weighted by atomic mass is 10.1. The van der Waals surface area contributed by atoms with Crippen molar-refractivity contribution < 1.29 is 19.4 Å². The van der Waals surface area contributed by atoms with Crippen molar-refractivity contribution in [2.24, 2.45) is 10.2 Å². The van der Waals surface area contributed by atoms with Gasteiger partial charge in [0, 0.05) is 23.8 Å². The summed E-state index contributed by atoms with van der Waals surface area (Å²) in [4.78, 5) is 32.6. The van der Waals surface area contributed by atoms with Crippen molar-refractivity contribution in [1.82, 2.24) is 0 Å². The number of carbonyl (C=O) groups excluding carboxylic acids is 1. The van der Waals surface area contributed by atoms with E-state index in [9.17, 15) is 25.0 Å². The first-order valence-corrected chi connectivity index (χ1v) is 9.23. The average Bonchev–Trinajstić information content (AvgIpc) is 2.68. The monoisotopic (exact) mass is 472 g/mol. The summed E-state index contributed by atoms with van der Waals surface area (Å²) >= 11 is 3.11. The highest BCUT2D eigenvalue weighted by molar-refractivity contribution is 9.10. The van der Waals surface area contributed by atoms with E-state index in [1.807, 2.05) is 0 Å². The number of benzene rings is 3. The highest BCUT2D eigenvalue weighted by atomic mass is 79.9. The van der Waals surface area contributed by atoms with Crippen LogP contribution in [0.3, 0.4) is 0 Å². The molecule has 0 aromatic heterocycles. The van der Waals surface area contributed by atoms with Crippen LogP contribution < -0.4 is 4.74 Å². The maximum Gasteiger partial charge on any atom is 0.308 e. The van der Waals surface area contributed by atoms with E-state index in [1.165, 1.54) is 13.8 Å². The minimum absolute atomic E-state index is 0.0658. The fourth-order valence-electron chi connectivity index (χ4n) is 2.91. The number of ether oxygens (including phenoxy) is 1. The minimum atomic E-state index is -0.733. The van der Waals surface area contributed by atoms with E-state index in [1.54, 1.807) is 36.4 Å². The Labute approximate surface area is 177 Å². The van der Waals surface area contributed by atoms with Gasteiger partial charge in [-0.25, -0.2) is 0 Å². The third-order valence-electron chi connectivity index (χ3n) is 4.21. The summed E-state index contributed by atoms with van der Waals surface area (Å²) in [5, 5.41) is 32.1. The number of nitrogens with zero attached hydrogens (tertiary/aromatic N) is 4. The predicted octanol–water partition coefficient (Wildman–Crippen LogP) is 6.07. The Morgan fingerprint density at radius 1 is 1.03 bits per heavy atom. The Balaban J connectivity index is 2.16. The summed E-state index contributed by atoms with van der Waals surface area (Å²) in [7, 11) is 0. The molecular formula is C19H13BrN4O6. The molecule has 0 atom stereocenters. The molecule has 0 saturated heterocycles. The number of rotatable bonds is 5. The molecule has 0 spiro atoms. The number of halogens is 1. The molecule has 0 heterocycles. The maximum absolute atomic E-state index is 11.6. The Morgan fingerprint density at radius 3 is 2.30 bits per heavy atom. The largest absolute Gasteiger partial charge is 0.426 e. The van der Waals surface area contributed by atoms with Crippen molar-refractivity contribution in [3.05, 3.63) is 72.7 Å². The van der Waals surface area contributed by atoms with Gasteiger partial charge < -0.3 is 4.74 Å². The van der Waals surface area contributed by atoms with E-state index in [-0.39, 0.29) is 15.7 Å². The molecule has 3 rings (SSSR count). The van der Waals surface area contributed by atoms with Crippen molar-refractivity contribution in [3.8, 4) is 5.75 Å². The number of azo groups is 1. The molecule has 152 valence electrons. The van der Waals surface area contributed by atoms with Crippen LogP contribution in [0.1, 0.15) is 12.5 Å². The lowest BCUT2D eigenvalue weighted by Crippen LogP contribution is -2.01. The van der Waals surface area contributed by atoms with Gasteiger partial charge in [-0.1, -0.05) is 24.3 Å². The quantitative estimate of drug-likeness (QED) is 0.145.